The molecule has 0 aliphatic rings. The van der Waals surface area contributed by atoms with Crippen LogP contribution < -0.4 is 4.72 Å². The summed E-state index contributed by atoms with van der Waals surface area (Å²) in [5.74, 6) is -0.812. The van der Waals surface area contributed by atoms with E-state index in [2.05, 4.69) is 4.72 Å². The summed E-state index contributed by atoms with van der Waals surface area (Å²) >= 11 is 0. The van der Waals surface area contributed by atoms with Crippen molar-refractivity contribution in [3.63, 3.8) is 0 Å². The topological polar surface area (TPSA) is 66.5 Å². The molecular weight excluding hydrogens is 355 g/mol. The summed E-state index contributed by atoms with van der Waals surface area (Å²) in [7, 11) is -3.96. The van der Waals surface area contributed by atoms with Gasteiger partial charge in [0.1, 0.15) is 11.9 Å². The number of carbonyl (C=O) groups excluding carboxylic acids is 1. The molecule has 0 aromatic heterocycles. The number of rotatable bonds is 8. The van der Waals surface area contributed by atoms with E-state index < -0.39 is 21.9 Å². The van der Waals surface area contributed by atoms with Gasteiger partial charge < -0.3 is 4.90 Å². The molecule has 0 aliphatic carbocycles. The fraction of sp³-hybridized carbons (Fsp3) is 0.316. The van der Waals surface area contributed by atoms with Gasteiger partial charge in [0.25, 0.3) is 0 Å². The summed E-state index contributed by atoms with van der Waals surface area (Å²) in [6.07, 6.45) is 0.233. The predicted octanol–water partition coefficient (Wildman–Crippen LogP) is 2.58. The molecule has 1 N–H and O–H groups in total. The minimum absolute atomic E-state index is 0.0793. The van der Waals surface area contributed by atoms with Crippen molar-refractivity contribution in [3.8, 4) is 0 Å². The summed E-state index contributed by atoms with van der Waals surface area (Å²) in [5.41, 5.74) is 0.847. The Morgan fingerprint density at radius 2 is 1.62 bits per heavy atom. The number of carbonyl (C=O) groups is 1. The van der Waals surface area contributed by atoms with E-state index in [0.29, 0.717) is 13.1 Å². The van der Waals surface area contributed by atoms with Gasteiger partial charge in [-0.3, -0.25) is 4.79 Å². The zero-order valence-corrected chi connectivity index (χ0v) is 15.7. The Kier molecular flexibility index (Phi) is 6.88. The van der Waals surface area contributed by atoms with E-state index in [1.165, 1.54) is 12.1 Å². The smallest absolute Gasteiger partial charge is 0.241 e. The van der Waals surface area contributed by atoms with Crippen molar-refractivity contribution in [1.82, 2.24) is 9.62 Å². The quantitative estimate of drug-likeness (QED) is 0.768. The normalized spacial score (nSPS) is 12.6. The fourth-order valence-corrected chi connectivity index (χ4v) is 3.84. The fourth-order valence-electron chi connectivity index (χ4n) is 2.65. The van der Waals surface area contributed by atoms with Crippen LogP contribution in [0, 0.1) is 5.82 Å². The lowest BCUT2D eigenvalue weighted by molar-refractivity contribution is -0.132. The first kappa shape index (κ1) is 20.1. The molecule has 0 spiro atoms. The number of benzene rings is 2. The van der Waals surface area contributed by atoms with Crippen LogP contribution in [0.1, 0.15) is 19.4 Å². The zero-order chi connectivity index (χ0) is 19.2. The molecule has 26 heavy (non-hydrogen) atoms. The van der Waals surface area contributed by atoms with E-state index in [0.717, 1.165) is 17.7 Å². The highest BCUT2D eigenvalue weighted by Crippen LogP contribution is 2.13. The van der Waals surface area contributed by atoms with Crippen LogP contribution in [0.2, 0.25) is 0 Å². The Morgan fingerprint density at radius 1 is 1.04 bits per heavy atom. The van der Waals surface area contributed by atoms with Gasteiger partial charge in [-0.2, -0.15) is 4.72 Å². The Bertz CT molecular complexity index is 820. The Labute approximate surface area is 153 Å². The van der Waals surface area contributed by atoms with Gasteiger partial charge in [0, 0.05) is 13.1 Å². The molecule has 7 heteroatoms. The Balaban J connectivity index is 2.30. The highest BCUT2D eigenvalue weighted by molar-refractivity contribution is 7.89. The summed E-state index contributed by atoms with van der Waals surface area (Å²) in [5, 5.41) is 0. The number of sulfonamides is 1. The summed E-state index contributed by atoms with van der Waals surface area (Å²) in [4.78, 5) is 14.3. The molecule has 0 saturated carbocycles. The number of nitrogens with zero attached hydrogens (tertiary/aromatic N) is 1. The molecule has 2 rings (SSSR count). The van der Waals surface area contributed by atoms with Crippen molar-refractivity contribution < 1.29 is 17.6 Å². The van der Waals surface area contributed by atoms with Crippen LogP contribution in [0.25, 0.3) is 0 Å². The van der Waals surface area contributed by atoms with Crippen LogP contribution in [0.15, 0.2) is 59.5 Å². The monoisotopic (exact) mass is 378 g/mol. The molecule has 1 amide bonds. The summed E-state index contributed by atoms with van der Waals surface area (Å²) in [6.45, 7) is 4.66. The molecule has 2 aromatic rings. The van der Waals surface area contributed by atoms with Gasteiger partial charge >= 0.3 is 0 Å². The molecule has 0 heterocycles. The molecule has 0 fully saturated rings. The second-order valence-electron chi connectivity index (χ2n) is 5.83. The van der Waals surface area contributed by atoms with Crippen molar-refractivity contribution in [1.29, 1.82) is 0 Å². The first-order valence-corrected chi connectivity index (χ1v) is 9.96. The number of likely N-dealkylation sites (N-methyl/N-ethyl adjacent to an activating group) is 1. The molecule has 0 bridgehead atoms. The third-order valence-corrected chi connectivity index (χ3v) is 5.56. The van der Waals surface area contributed by atoms with E-state index >= 15 is 0 Å². The maximum Gasteiger partial charge on any atom is 0.241 e. The van der Waals surface area contributed by atoms with E-state index in [4.69, 9.17) is 0 Å². The van der Waals surface area contributed by atoms with Crippen molar-refractivity contribution in [2.24, 2.45) is 0 Å². The van der Waals surface area contributed by atoms with E-state index in [1.54, 1.807) is 4.90 Å². The second kappa shape index (κ2) is 8.91. The molecule has 0 saturated heterocycles. The van der Waals surface area contributed by atoms with E-state index in [1.807, 2.05) is 44.2 Å². The van der Waals surface area contributed by atoms with Crippen LogP contribution in [-0.4, -0.2) is 38.4 Å². The largest absolute Gasteiger partial charge is 0.342 e. The third kappa shape index (κ3) is 5.12. The average molecular weight is 378 g/mol. The van der Waals surface area contributed by atoms with Crippen molar-refractivity contribution in [3.05, 3.63) is 66.0 Å². The van der Waals surface area contributed by atoms with Crippen LogP contribution in [0.4, 0.5) is 4.39 Å². The van der Waals surface area contributed by atoms with Gasteiger partial charge in [-0.25, -0.2) is 12.8 Å². The highest BCUT2D eigenvalue weighted by atomic mass is 32.2. The van der Waals surface area contributed by atoms with Crippen molar-refractivity contribution in [2.45, 2.75) is 31.2 Å². The second-order valence-corrected chi connectivity index (χ2v) is 7.54. The molecule has 0 aliphatic heterocycles. The molecular formula is C19H23FN2O3S. The third-order valence-electron chi connectivity index (χ3n) is 4.08. The first-order chi connectivity index (χ1) is 12.4. The van der Waals surface area contributed by atoms with Crippen LogP contribution in [-0.2, 0) is 21.2 Å². The molecule has 0 unspecified atom stereocenters. The molecule has 5 nitrogen and oxygen atoms in total. The first-order valence-electron chi connectivity index (χ1n) is 8.48. The van der Waals surface area contributed by atoms with Crippen LogP contribution in [0.3, 0.4) is 0 Å². The molecule has 140 valence electrons. The number of hydrogen-bond donors (Lipinski definition) is 1. The minimum atomic E-state index is -3.96. The van der Waals surface area contributed by atoms with E-state index in [-0.39, 0.29) is 17.2 Å². The predicted molar refractivity (Wildman–Crippen MR) is 98.6 cm³/mol. The van der Waals surface area contributed by atoms with Gasteiger partial charge in [-0.05, 0) is 50.1 Å². The van der Waals surface area contributed by atoms with Crippen LogP contribution >= 0.6 is 0 Å². The lowest BCUT2D eigenvalue weighted by atomic mass is 10.1. The maximum atomic E-state index is 13.1. The summed E-state index contributed by atoms with van der Waals surface area (Å²) in [6, 6.07) is 12.8. The lowest BCUT2D eigenvalue weighted by Gasteiger charge is -2.26. The van der Waals surface area contributed by atoms with Gasteiger partial charge in [0.05, 0.1) is 4.90 Å². The van der Waals surface area contributed by atoms with E-state index in [9.17, 15) is 17.6 Å². The standard InChI is InChI=1S/C19H23FN2O3S/c1-3-22(4-2)19(23)18(14-15-8-6-5-7-9-15)21-26(24,25)17-12-10-16(20)11-13-17/h5-13,18,21H,3-4,14H2,1-2H3/t18-/m1/s1. The van der Waals surface area contributed by atoms with Gasteiger partial charge in [-0.1, -0.05) is 30.3 Å². The highest BCUT2D eigenvalue weighted by Gasteiger charge is 2.28. The van der Waals surface area contributed by atoms with Gasteiger partial charge in [0.2, 0.25) is 15.9 Å². The SMILES string of the molecule is CCN(CC)C(=O)[C@@H](Cc1ccccc1)NS(=O)(=O)c1ccc(F)cc1. The minimum Gasteiger partial charge on any atom is -0.342 e. The Hall–Kier alpha value is -2.25. The van der Waals surface area contributed by atoms with Gasteiger partial charge in [-0.15, -0.1) is 0 Å². The maximum absolute atomic E-state index is 13.1. The Morgan fingerprint density at radius 3 is 2.15 bits per heavy atom. The average Bonchev–Trinajstić information content (AvgIpc) is 2.63. The lowest BCUT2D eigenvalue weighted by Crippen LogP contribution is -2.49. The van der Waals surface area contributed by atoms with Crippen molar-refractivity contribution in [2.75, 3.05) is 13.1 Å². The summed E-state index contributed by atoms with van der Waals surface area (Å²) < 4.78 is 40.8. The van der Waals surface area contributed by atoms with Gasteiger partial charge in [0.15, 0.2) is 0 Å². The number of halogens is 1. The molecule has 1 atom stereocenters. The molecule has 0 radical (unpaired) electrons. The zero-order valence-electron chi connectivity index (χ0n) is 14.9. The molecule has 2 aromatic carbocycles. The number of nitrogens with one attached hydrogen (secondary N) is 1. The van der Waals surface area contributed by atoms with Crippen LogP contribution in [0.5, 0.6) is 0 Å². The number of hydrogen-bond acceptors (Lipinski definition) is 3. The number of amides is 1. The van der Waals surface area contributed by atoms with Crippen molar-refractivity contribution >= 4 is 15.9 Å².